The van der Waals surface area contributed by atoms with E-state index < -0.39 is 6.61 Å². The van der Waals surface area contributed by atoms with Crippen LogP contribution in [0, 0.1) is 0 Å². The SMILES string of the molecule is CCN(CC)C(CNC(=NC)NCc1cc(OC)ccc1OC(F)F)c1ccco1.I. The second-order valence-corrected chi connectivity index (χ2v) is 6.41. The lowest BCUT2D eigenvalue weighted by Gasteiger charge is -2.28. The van der Waals surface area contributed by atoms with E-state index in [0.29, 0.717) is 23.8 Å². The molecule has 7 nitrogen and oxygen atoms in total. The summed E-state index contributed by atoms with van der Waals surface area (Å²) in [5.41, 5.74) is 0.531. The maximum absolute atomic E-state index is 12.7. The Bertz CT molecular complexity index is 787. The first-order chi connectivity index (χ1) is 14.5. The number of rotatable bonds is 11. The van der Waals surface area contributed by atoms with Gasteiger partial charge in [-0.25, -0.2) is 0 Å². The average Bonchev–Trinajstić information content (AvgIpc) is 3.28. The van der Waals surface area contributed by atoms with Crippen LogP contribution in [0.5, 0.6) is 11.5 Å². The largest absolute Gasteiger partial charge is 0.497 e. The van der Waals surface area contributed by atoms with Gasteiger partial charge in [-0.05, 0) is 43.4 Å². The molecule has 2 aromatic rings. The number of nitrogens with zero attached hydrogens (tertiary/aromatic N) is 2. The molecule has 174 valence electrons. The molecule has 0 amide bonds. The number of hydrogen-bond donors (Lipinski definition) is 2. The predicted molar refractivity (Wildman–Crippen MR) is 128 cm³/mol. The molecule has 1 aromatic carbocycles. The van der Waals surface area contributed by atoms with Crippen molar-refractivity contribution in [2.45, 2.75) is 33.0 Å². The van der Waals surface area contributed by atoms with Gasteiger partial charge in [0.25, 0.3) is 0 Å². The monoisotopic (exact) mass is 552 g/mol. The van der Waals surface area contributed by atoms with Crippen molar-refractivity contribution in [1.29, 1.82) is 0 Å². The highest BCUT2D eigenvalue weighted by Crippen LogP contribution is 2.25. The van der Waals surface area contributed by atoms with Crippen LogP contribution in [0.25, 0.3) is 0 Å². The minimum Gasteiger partial charge on any atom is -0.497 e. The molecule has 0 fully saturated rings. The summed E-state index contributed by atoms with van der Waals surface area (Å²) < 4.78 is 40.8. The lowest BCUT2D eigenvalue weighted by Crippen LogP contribution is -2.43. The highest BCUT2D eigenvalue weighted by atomic mass is 127. The Morgan fingerprint density at radius 3 is 2.48 bits per heavy atom. The van der Waals surface area contributed by atoms with Gasteiger partial charge in [-0.3, -0.25) is 9.89 Å². The number of likely N-dealkylation sites (N-methyl/N-ethyl adjacent to an activating group) is 1. The molecule has 0 spiro atoms. The molecule has 0 saturated carbocycles. The Morgan fingerprint density at radius 2 is 1.94 bits per heavy atom. The lowest BCUT2D eigenvalue weighted by molar-refractivity contribution is -0.0505. The molecule has 0 aliphatic carbocycles. The van der Waals surface area contributed by atoms with Gasteiger partial charge < -0.3 is 24.5 Å². The average molecular weight is 552 g/mol. The molecule has 0 aliphatic heterocycles. The van der Waals surface area contributed by atoms with Crippen molar-refractivity contribution in [2.24, 2.45) is 4.99 Å². The van der Waals surface area contributed by atoms with Crippen LogP contribution < -0.4 is 20.1 Å². The van der Waals surface area contributed by atoms with Gasteiger partial charge in [0.1, 0.15) is 17.3 Å². The standard InChI is InChI=1S/C21H30F2N4O3.HI/c1-5-27(6-2)17(19-8-7-11-29-19)14-26-21(24-3)25-13-15-12-16(28-4)9-10-18(15)30-20(22)23;/h7-12,17,20H,5-6,13-14H2,1-4H3,(H2,24,25,26);1H. The van der Waals surface area contributed by atoms with Gasteiger partial charge in [0.05, 0.1) is 19.4 Å². The van der Waals surface area contributed by atoms with Crippen LogP contribution >= 0.6 is 24.0 Å². The maximum Gasteiger partial charge on any atom is 0.387 e. The van der Waals surface area contributed by atoms with Crippen molar-refractivity contribution in [3.05, 3.63) is 47.9 Å². The minimum absolute atomic E-state index is 0. The Hall–Kier alpha value is -2.08. The number of halogens is 3. The molecule has 0 saturated heterocycles. The zero-order valence-corrected chi connectivity index (χ0v) is 20.6. The highest BCUT2D eigenvalue weighted by molar-refractivity contribution is 14.0. The summed E-state index contributed by atoms with van der Waals surface area (Å²) >= 11 is 0. The van der Waals surface area contributed by atoms with E-state index in [-0.39, 0.29) is 42.3 Å². The molecular formula is C21H31F2IN4O3. The summed E-state index contributed by atoms with van der Waals surface area (Å²) in [6.45, 7) is 3.82. The van der Waals surface area contributed by atoms with Crippen molar-refractivity contribution in [3.8, 4) is 11.5 Å². The fraction of sp³-hybridized carbons (Fsp3) is 0.476. The third-order valence-corrected chi connectivity index (χ3v) is 4.74. The van der Waals surface area contributed by atoms with Crippen molar-refractivity contribution in [3.63, 3.8) is 0 Å². The fourth-order valence-corrected chi connectivity index (χ4v) is 3.18. The number of alkyl halides is 2. The molecule has 0 aliphatic rings. The topological polar surface area (TPSA) is 71.3 Å². The quantitative estimate of drug-likeness (QED) is 0.247. The highest BCUT2D eigenvalue weighted by Gasteiger charge is 2.21. The van der Waals surface area contributed by atoms with Gasteiger partial charge in [-0.1, -0.05) is 13.8 Å². The van der Waals surface area contributed by atoms with Crippen molar-refractivity contribution >= 4 is 29.9 Å². The van der Waals surface area contributed by atoms with E-state index in [1.807, 2.05) is 12.1 Å². The van der Waals surface area contributed by atoms with Crippen LogP contribution in [0.2, 0.25) is 0 Å². The van der Waals surface area contributed by atoms with Crippen LogP contribution in [0.1, 0.15) is 31.2 Å². The molecule has 31 heavy (non-hydrogen) atoms. The zero-order chi connectivity index (χ0) is 21.9. The van der Waals surface area contributed by atoms with Crippen LogP contribution in [0.15, 0.2) is 46.0 Å². The summed E-state index contributed by atoms with van der Waals surface area (Å²) in [7, 11) is 3.17. The first kappa shape index (κ1) is 27.0. The Labute approximate surface area is 199 Å². The number of methoxy groups -OCH3 is 1. The molecule has 2 rings (SSSR count). The molecule has 1 heterocycles. The molecular weight excluding hydrogens is 521 g/mol. The third-order valence-electron chi connectivity index (χ3n) is 4.74. The number of furan rings is 1. The summed E-state index contributed by atoms with van der Waals surface area (Å²) in [5, 5.41) is 6.42. The number of guanidine groups is 1. The van der Waals surface area contributed by atoms with E-state index in [9.17, 15) is 8.78 Å². The second-order valence-electron chi connectivity index (χ2n) is 6.41. The van der Waals surface area contributed by atoms with Crippen LogP contribution in [-0.4, -0.2) is 51.3 Å². The van der Waals surface area contributed by atoms with Gasteiger partial charge in [0, 0.05) is 25.7 Å². The summed E-state index contributed by atoms with van der Waals surface area (Å²) in [5.74, 6) is 2.03. The van der Waals surface area contributed by atoms with Crippen molar-refractivity contribution in [1.82, 2.24) is 15.5 Å². The van der Waals surface area contributed by atoms with E-state index in [4.69, 9.17) is 9.15 Å². The summed E-state index contributed by atoms with van der Waals surface area (Å²) in [6.07, 6.45) is 1.66. The molecule has 1 aromatic heterocycles. The van der Waals surface area contributed by atoms with Crippen molar-refractivity contribution in [2.75, 3.05) is 33.8 Å². The summed E-state index contributed by atoms with van der Waals surface area (Å²) in [6, 6.07) is 8.54. The summed E-state index contributed by atoms with van der Waals surface area (Å²) in [4.78, 5) is 6.50. The number of ether oxygens (including phenoxy) is 2. The number of nitrogens with one attached hydrogen (secondary N) is 2. The molecule has 1 atom stereocenters. The molecule has 0 radical (unpaired) electrons. The number of benzene rings is 1. The van der Waals surface area contributed by atoms with Gasteiger partial charge in [-0.2, -0.15) is 8.78 Å². The third kappa shape index (κ3) is 8.17. The van der Waals surface area contributed by atoms with E-state index in [2.05, 4.69) is 39.1 Å². The minimum atomic E-state index is -2.90. The van der Waals surface area contributed by atoms with Crippen molar-refractivity contribution < 1.29 is 22.7 Å². The molecule has 2 N–H and O–H groups in total. The van der Waals surface area contributed by atoms with Crippen LogP contribution in [-0.2, 0) is 6.54 Å². The van der Waals surface area contributed by atoms with Gasteiger partial charge in [-0.15, -0.1) is 24.0 Å². The molecule has 1 unspecified atom stereocenters. The van der Waals surface area contributed by atoms with Gasteiger partial charge >= 0.3 is 6.61 Å². The van der Waals surface area contributed by atoms with E-state index >= 15 is 0 Å². The smallest absolute Gasteiger partial charge is 0.387 e. The van der Waals surface area contributed by atoms with Crippen LogP contribution in [0.4, 0.5) is 8.78 Å². The molecule has 0 bridgehead atoms. The number of hydrogen-bond acceptors (Lipinski definition) is 5. The van der Waals surface area contributed by atoms with Crippen LogP contribution in [0.3, 0.4) is 0 Å². The van der Waals surface area contributed by atoms with Gasteiger partial charge in [0.2, 0.25) is 0 Å². The Morgan fingerprint density at radius 1 is 1.19 bits per heavy atom. The lowest BCUT2D eigenvalue weighted by atomic mass is 10.2. The van der Waals surface area contributed by atoms with E-state index in [1.165, 1.54) is 13.2 Å². The fourth-order valence-electron chi connectivity index (χ4n) is 3.18. The van der Waals surface area contributed by atoms with Gasteiger partial charge in [0.15, 0.2) is 5.96 Å². The first-order valence-corrected chi connectivity index (χ1v) is 9.86. The zero-order valence-electron chi connectivity index (χ0n) is 18.2. The normalized spacial score (nSPS) is 12.5. The van der Waals surface area contributed by atoms with E-state index in [0.717, 1.165) is 18.8 Å². The second kappa shape index (κ2) is 14.1. The first-order valence-electron chi connectivity index (χ1n) is 9.86. The Balaban J connectivity index is 0.00000480. The van der Waals surface area contributed by atoms with E-state index in [1.54, 1.807) is 25.4 Å². The maximum atomic E-state index is 12.7. The molecule has 10 heteroatoms. The number of aliphatic imine (C=N–C) groups is 1. The predicted octanol–water partition coefficient (Wildman–Crippen LogP) is 4.26. The Kier molecular flexibility index (Phi) is 12.2.